The molecule has 3 rings (SSSR count). The number of benzene rings is 1. The highest BCUT2D eigenvalue weighted by molar-refractivity contribution is 6.03. The van der Waals surface area contributed by atoms with Gasteiger partial charge in [0.15, 0.2) is 0 Å². The van der Waals surface area contributed by atoms with Gasteiger partial charge in [0, 0.05) is 5.69 Å². The summed E-state index contributed by atoms with van der Waals surface area (Å²) in [6, 6.07) is 8.13. The summed E-state index contributed by atoms with van der Waals surface area (Å²) >= 11 is 0. The molecule has 1 aromatic rings. The van der Waals surface area contributed by atoms with Crippen LogP contribution in [0.1, 0.15) is 37.7 Å². The summed E-state index contributed by atoms with van der Waals surface area (Å²) < 4.78 is 0. The Hall–Kier alpha value is -1.31. The quantitative estimate of drug-likeness (QED) is 0.766. The van der Waals surface area contributed by atoms with Gasteiger partial charge in [0.2, 0.25) is 5.91 Å². The van der Waals surface area contributed by atoms with E-state index in [1.165, 1.54) is 24.8 Å². The molecule has 1 saturated carbocycles. The molecule has 2 heteroatoms. The maximum atomic E-state index is 12.1. The van der Waals surface area contributed by atoms with Crippen molar-refractivity contribution in [2.24, 2.45) is 11.8 Å². The molecule has 1 N–H and O–H groups in total. The van der Waals surface area contributed by atoms with Crippen LogP contribution in [0.2, 0.25) is 0 Å². The lowest BCUT2D eigenvalue weighted by Crippen LogP contribution is -2.22. The first kappa shape index (κ1) is 9.88. The Morgan fingerprint density at radius 3 is 2.81 bits per heavy atom. The van der Waals surface area contributed by atoms with Crippen LogP contribution in [0.25, 0.3) is 0 Å². The van der Waals surface area contributed by atoms with Gasteiger partial charge in [-0.15, -0.1) is 0 Å². The van der Waals surface area contributed by atoms with Gasteiger partial charge in [-0.3, -0.25) is 4.79 Å². The molecule has 0 saturated heterocycles. The zero-order chi connectivity index (χ0) is 11.1. The largest absolute Gasteiger partial charge is 0.325 e. The van der Waals surface area contributed by atoms with Crippen molar-refractivity contribution in [2.45, 2.75) is 32.1 Å². The smallest absolute Gasteiger partial charge is 0.232 e. The van der Waals surface area contributed by atoms with E-state index in [1.807, 2.05) is 18.2 Å². The first-order chi connectivity index (χ1) is 7.77. The molecule has 16 heavy (non-hydrogen) atoms. The van der Waals surface area contributed by atoms with E-state index >= 15 is 0 Å². The molecule has 84 valence electrons. The molecule has 0 bridgehead atoms. The molecule has 0 aromatic heterocycles. The molecule has 1 fully saturated rings. The molecular weight excluding hydrogens is 198 g/mol. The number of carbonyl (C=O) groups is 1. The van der Waals surface area contributed by atoms with E-state index in [-0.39, 0.29) is 11.8 Å². The second-order valence-corrected chi connectivity index (χ2v) is 5.13. The predicted molar refractivity (Wildman–Crippen MR) is 64.3 cm³/mol. The fourth-order valence-corrected chi connectivity index (χ4v) is 3.33. The van der Waals surface area contributed by atoms with Crippen LogP contribution in [0.3, 0.4) is 0 Å². The second kappa shape index (κ2) is 3.62. The minimum absolute atomic E-state index is 0.105. The first-order valence-corrected chi connectivity index (χ1v) is 6.17. The third-order valence-corrected chi connectivity index (χ3v) is 4.19. The van der Waals surface area contributed by atoms with E-state index < -0.39 is 0 Å². The normalized spacial score (nSPS) is 32.6. The van der Waals surface area contributed by atoms with Crippen molar-refractivity contribution >= 4 is 11.6 Å². The third kappa shape index (κ3) is 1.36. The molecule has 1 aromatic carbocycles. The molecule has 3 unspecified atom stereocenters. The van der Waals surface area contributed by atoms with Crippen LogP contribution in [0.4, 0.5) is 5.69 Å². The summed E-state index contributed by atoms with van der Waals surface area (Å²) in [6.07, 6.45) is 3.75. The minimum Gasteiger partial charge on any atom is -0.325 e. The van der Waals surface area contributed by atoms with Crippen LogP contribution < -0.4 is 5.32 Å². The van der Waals surface area contributed by atoms with Crippen molar-refractivity contribution in [1.29, 1.82) is 0 Å². The monoisotopic (exact) mass is 215 g/mol. The van der Waals surface area contributed by atoms with Gasteiger partial charge in [0.1, 0.15) is 0 Å². The average Bonchev–Trinajstić information content (AvgIpc) is 2.81. The number of nitrogens with one attached hydrogen (secondary N) is 1. The fraction of sp³-hybridized carbons (Fsp3) is 0.500. The molecule has 2 aliphatic rings. The molecule has 0 radical (unpaired) electrons. The van der Waals surface area contributed by atoms with E-state index in [4.69, 9.17) is 0 Å². The summed E-state index contributed by atoms with van der Waals surface area (Å²) in [5.74, 6) is 1.54. The fourth-order valence-electron chi connectivity index (χ4n) is 3.33. The third-order valence-electron chi connectivity index (χ3n) is 4.19. The maximum absolute atomic E-state index is 12.1. The van der Waals surface area contributed by atoms with E-state index in [0.29, 0.717) is 11.8 Å². The summed E-state index contributed by atoms with van der Waals surface area (Å²) in [4.78, 5) is 12.1. The van der Waals surface area contributed by atoms with Gasteiger partial charge in [-0.2, -0.15) is 0 Å². The van der Waals surface area contributed by atoms with E-state index in [9.17, 15) is 4.79 Å². The number of rotatable bonds is 1. The Balaban J connectivity index is 1.98. The van der Waals surface area contributed by atoms with Crippen molar-refractivity contribution < 1.29 is 4.79 Å². The van der Waals surface area contributed by atoms with E-state index in [2.05, 4.69) is 18.3 Å². The maximum Gasteiger partial charge on any atom is 0.232 e. The average molecular weight is 215 g/mol. The van der Waals surface area contributed by atoms with Gasteiger partial charge in [0.25, 0.3) is 0 Å². The van der Waals surface area contributed by atoms with Crippen molar-refractivity contribution in [1.82, 2.24) is 0 Å². The SMILES string of the molecule is CC1CCCC1C1C(=O)Nc2ccccc21. The molecule has 1 heterocycles. The Kier molecular flexibility index (Phi) is 2.23. The Morgan fingerprint density at radius 2 is 2.06 bits per heavy atom. The van der Waals surface area contributed by atoms with Crippen LogP contribution in [0.5, 0.6) is 0 Å². The molecule has 3 atom stereocenters. The van der Waals surface area contributed by atoms with Crippen LogP contribution in [-0.2, 0) is 4.79 Å². The van der Waals surface area contributed by atoms with Crippen molar-refractivity contribution in [3.63, 3.8) is 0 Å². The first-order valence-electron chi connectivity index (χ1n) is 6.17. The minimum atomic E-state index is 0.105. The van der Waals surface area contributed by atoms with Crippen molar-refractivity contribution in [2.75, 3.05) is 5.32 Å². The number of hydrogen-bond acceptors (Lipinski definition) is 1. The van der Waals surface area contributed by atoms with E-state index in [0.717, 1.165) is 5.69 Å². The van der Waals surface area contributed by atoms with E-state index in [1.54, 1.807) is 0 Å². The number of fused-ring (bicyclic) bond motifs is 1. The lowest BCUT2D eigenvalue weighted by Gasteiger charge is -2.21. The Morgan fingerprint density at radius 1 is 1.25 bits per heavy atom. The van der Waals surface area contributed by atoms with Gasteiger partial charge in [-0.25, -0.2) is 0 Å². The van der Waals surface area contributed by atoms with Crippen molar-refractivity contribution in [3.05, 3.63) is 29.8 Å². The molecule has 1 amide bonds. The number of carbonyl (C=O) groups excluding carboxylic acids is 1. The molecule has 1 aliphatic carbocycles. The van der Waals surface area contributed by atoms with Crippen LogP contribution in [0.15, 0.2) is 24.3 Å². The molecule has 2 nitrogen and oxygen atoms in total. The van der Waals surface area contributed by atoms with Gasteiger partial charge < -0.3 is 5.32 Å². The Bertz CT molecular complexity index is 426. The van der Waals surface area contributed by atoms with Crippen molar-refractivity contribution in [3.8, 4) is 0 Å². The van der Waals surface area contributed by atoms with Crippen LogP contribution >= 0.6 is 0 Å². The number of para-hydroxylation sites is 1. The number of hydrogen-bond donors (Lipinski definition) is 1. The zero-order valence-electron chi connectivity index (χ0n) is 9.57. The van der Waals surface area contributed by atoms with Crippen LogP contribution in [-0.4, -0.2) is 5.91 Å². The van der Waals surface area contributed by atoms with Gasteiger partial charge in [-0.1, -0.05) is 38.0 Å². The number of anilines is 1. The van der Waals surface area contributed by atoms with Gasteiger partial charge >= 0.3 is 0 Å². The second-order valence-electron chi connectivity index (χ2n) is 5.13. The molecule has 0 spiro atoms. The van der Waals surface area contributed by atoms with Crippen LogP contribution in [0, 0.1) is 11.8 Å². The highest BCUT2D eigenvalue weighted by atomic mass is 16.2. The summed E-state index contributed by atoms with van der Waals surface area (Å²) in [7, 11) is 0. The highest BCUT2D eigenvalue weighted by Gasteiger charge is 2.40. The highest BCUT2D eigenvalue weighted by Crippen LogP contribution is 2.46. The van der Waals surface area contributed by atoms with Gasteiger partial charge in [-0.05, 0) is 29.9 Å². The Labute approximate surface area is 96.1 Å². The molecule has 1 aliphatic heterocycles. The number of amides is 1. The lowest BCUT2D eigenvalue weighted by molar-refractivity contribution is -0.118. The standard InChI is InChI=1S/C14H17NO/c1-9-5-4-7-10(9)13-11-6-2-3-8-12(11)15-14(13)16/h2-3,6,8-10,13H,4-5,7H2,1H3,(H,15,16). The topological polar surface area (TPSA) is 29.1 Å². The molecular formula is C14H17NO. The summed E-state index contributed by atoms with van der Waals surface area (Å²) in [6.45, 7) is 2.28. The zero-order valence-corrected chi connectivity index (χ0v) is 9.57. The summed E-state index contributed by atoms with van der Waals surface area (Å²) in [5.41, 5.74) is 2.24. The van der Waals surface area contributed by atoms with Gasteiger partial charge in [0.05, 0.1) is 5.92 Å². The lowest BCUT2D eigenvalue weighted by atomic mass is 9.81. The predicted octanol–water partition coefficient (Wildman–Crippen LogP) is 3.16. The summed E-state index contributed by atoms with van der Waals surface area (Å²) in [5, 5.41) is 3.01.